The van der Waals surface area contributed by atoms with Gasteiger partial charge in [0.2, 0.25) is 0 Å². The third kappa shape index (κ3) is 3.00. The van der Waals surface area contributed by atoms with Gasteiger partial charge in [-0.25, -0.2) is 4.98 Å². The van der Waals surface area contributed by atoms with Gasteiger partial charge in [0.05, 0.1) is 19.3 Å². The highest BCUT2D eigenvalue weighted by atomic mass is 16.5. The molecule has 2 heterocycles. The van der Waals surface area contributed by atoms with Crippen molar-refractivity contribution in [2.45, 2.75) is 39.4 Å². The van der Waals surface area contributed by atoms with Crippen molar-refractivity contribution in [2.75, 3.05) is 24.6 Å². The minimum atomic E-state index is 0.0735. The number of rotatable bonds is 4. The zero-order valence-corrected chi connectivity index (χ0v) is 11.2. The molecule has 0 radical (unpaired) electrons. The Hall–Kier alpha value is -1.13. The molecular weight excluding hydrogens is 228 g/mol. The lowest BCUT2D eigenvalue weighted by Crippen LogP contribution is -2.42. The molecule has 1 saturated heterocycles. The van der Waals surface area contributed by atoms with E-state index in [2.05, 4.69) is 23.7 Å². The highest BCUT2D eigenvalue weighted by Gasteiger charge is 2.20. The summed E-state index contributed by atoms with van der Waals surface area (Å²) in [4.78, 5) is 6.91. The largest absolute Gasteiger partial charge is 0.392 e. The van der Waals surface area contributed by atoms with Crippen molar-refractivity contribution in [1.29, 1.82) is 0 Å². The van der Waals surface area contributed by atoms with Crippen LogP contribution < -0.4 is 4.90 Å². The maximum Gasteiger partial charge on any atom is 0.129 e. The Morgan fingerprint density at radius 1 is 1.44 bits per heavy atom. The molecule has 1 aromatic heterocycles. The molecule has 4 nitrogen and oxygen atoms in total. The van der Waals surface area contributed by atoms with E-state index >= 15 is 0 Å². The number of hydrogen-bond donors (Lipinski definition) is 1. The van der Waals surface area contributed by atoms with Gasteiger partial charge in [0.15, 0.2) is 0 Å². The van der Waals surface area contributed by atoms with Crippen molar-refractivity contribution in [3.05, 3.63) is 23.4 Å². The Bertz CT molecular complexity index is 373. The molecule has 0 spiro atoms. The van der Waals surface area contributed by atoms with E-state index in [0.717, 1.165) is 49.6 Å². The van der Waals surface area contributed by atoms with Crippen molar-refractivity contribution >= 4 is 5.82 Å². The van der Waals surface area contributed by atoms with Gasteiger partial charge in [0.25, 0.3) is 0 Å². The van der Waals surface area contributed by atoms with Crippen molar-refractivity contribution in [3.63, 3.8) is 0 Å². The van der Waals surface area contributed by atoms with E-state index in [1.54, 1.807) is 0 Å². The number of aliphatic hydroxyl groups excluding tert-OH is 1. The molecule has 0 amide bonds. The van der Waals surface area contributed by atoms with E-state index < -0.39 is 0 Å². The molecule has 0 aromatic carbocycles. The van der Waals surface area contributed by atoms with Gasteiger partial charge in [-0.05, 0) is 30.5 Å². The summed E-state index contributed by atoms with van der Waals surface area (Å²) in [6.45, 7) is 6.82. The molecule has 2 rings (SSSR count). The van der Waals surface area contributed by atoms with E-state index in [4.69, 9.17) is 4.74 Å². The molecule has 4 heteroatoms. The van der Waals surface area contributed by atoms with Gasteiger partial charge in [-0.2, -0.15) is 0 Å². The summed E-state index contributed by atoms with van der Waals surface area (Å²) >= 11 is 0. The minimum Gasteiger partial charge on any atom is -0.392 e. The summed E-state index contributed by atoms with van der Waals surface area (Å²) in [5.74, 6) is 0.972. The second-order valence-electron chi connectivity index (χ2n) is 4.68. The van der Waals surface area contributed by atoms with Crippen molar-refractivity contribution < 1.29 is 9.84 Å². The summed E-state index contributed by atoms with van der Waals surface area (Å²) < 4.78 is 5.67. The first kappa shape index (κ1) is 13.3. The molecule has 1 fully saturated rings. The van der Waals surface area contributed by atoms with Crippen LogP contribution in [-0.4, -0.2) is 35.9 Å². The fourth-order valence-electron chi connectivity index (χ4n) is 2.24. The standard InChI is InChI=1S/C14H22N2O2/c1-3-12-7-11(10-17)8-14(15-12)16-5-6-18-13(4-2)9-16/h7-8,13,17H,3-6,9-10H2,1-2H3. The van der Waals surface area contributed by atoms with Gasteiger partial charge in [-0.15, -0.1) is 0 Å². The monoisotopic (exact) mass is 250 g/mol. The highest BCUT2D eigenvalue weighted by molar-refractivity contribution is 5.43. The van der Waals surface area contributed by atoms with Gasteiger partial charge < -0.3 is 14.7 Å². The predicted molar refractivity (Wildman–Crippen MR) is 71.8 cm³/mol. The lowest BCUT2D eigenvalue weighted by molar-refractivity contribution is 0.0381. The maximum absolute atomic E-state index is 9.31. The zero-order valence-electron chi connectivity index (χ0n) is 11.2. The van der Waals surface area contributed by atoms with Crippen LogP contribution in [0.25, 0.3) is 0 Å². The van der Waals surface area contributed by atoms with Crippen molar-refractivity contribution in [2.24, 2.45) is 0 Å². The summed E-state index contributed by atoms with van der Waals surface area (Å²) in [6, 6.07) is 3.96. The smallest absolute Gasteiger partial charge is 0.129 e. The summed E-state index contributed by atoms with van der Waals surface area (Å²) in [7, 11) is 0. The molecule has 1 aromatic rings. The molecule has 0 aliphatic carbocycles. The second kappa shape index (κ2) is 6.16. The lowest BCUT2D eigenvalue weighted by atomic mass is 10.1. The van der Waals surface area contributed by atoms with E-state index in [9.17, 15) is 5.11 Å². The van der Waals surface area contributed by atoms with Crippen LogP contribution in [0.4, 0.5) is 5.82 Å². The van der Waals surface area contributed by atoms with E-state index in [1.165, 1.54) is 0 Å². The van der Waals surface area contributed by atoms with Crippen molar-refractivity contribution in [1.82, 2.24) is 4.98 Å². The molecule has 1 aliphatic heterocycles. The van der Waals surface area contributed by atoms with Gasteiger partial charge in [-0.1, -0.05) is 13.8 Å². The molecule has 1 N–H and O–H groups in total. The Labute approximate surface area is 109 Å². The zero-order chi connectivity index (χ0) is 13.0. The van der Waals surface area contributed by atoms with Crippen LogP contribution in [0.15, 0.2) is 12.1 Å². The number of ether oxygens (including phenoxy) is 1. The van der Waals surface area contributed by atoms with Crippen LogP contribution in [0.2, 0.25) is 0 Å². The van der Waals surface area contributed by atoms with Gasteiger partial charge in [-0.3, -0.25) is 0 Å². The van der Waals surface area contributed by atoms with Crippen LogP contribution in [-0.2, 0) is 17.8 Å². The molecule has 0 bridgehead atoms. The molecule has 1 atom stereocenters. The number of anilines is 1. The fraction of sp³-hybridized carbons (Fsp3) is 0.643. The van der Waals surface area contributed by atoms with Crippen LogP contribution in [0.5, 0.6) is 0 Å². The third-order valence-corrected chi connectivity index (χ3v) is 3.39. The first-order valence-electron chi connectivity index (χ1n) is 6.74. The van der Waals surface area contributed by atoms with Crippen LogP contribution in [0.1, 0.15) is 31.5 Å². The number of nitrogens with zero attached hydrogens (tertiary/aromatic N) is 2. The number of hydrogen-bond acceptors (Lipinski definition) is 4. The maximum atomic E-state index is 9.31. The average molecular weight is 250 g/mol. The molecular formula is C14H22N2O2. The SMILES string of the molecule is CCc1cc(CO)cc(N2CCOC(CC)C2)n1. The number of morpholine rings is 1. The quantitative estimate of drug-likeness (QED) is 0.884. The first-order valence-corrected chi connectivity index (χ1v) is 6.74. The number of pyridine rings is 1. The fourth-order valence-corrected chi connectivity index (χ4v) is 2.24. The topological polar surface area (TPSA) is 45.6 Å². The molecule has 0 saturated carbocycles. The van der Waals surface area contributed by atoms with Crippen LogP contribution in [0, 0.1) is 0 Å². The molecule has 18 heavy (non-hydrogen) atoms. The highest BCUT2D eigenvalue weighted by Crippen LogP contribution is 2.19. The van der Waals surface area contributed by atoms with Gasteiger partial charge in [0, 0.05) is 18.8 Å². The van der Waals surface area contributed by atoms with E-state index in [0.29, 0.717) is 6.10 Å². The molecule has 1 unspecified atom stereocenters. The number of aryl methyl sites for hydroxylation is 1. The van der Waals surface area contributed by atoms with Crippen molar-refractivity contribution in [3.8, 4) is 0 Å². The number of aliphatic hydroxyl groups is 1. The summed E-state index contributed by atoms with van der Waals surface area (Å²) in [5, 5.41) is 9.31. The predicted octanol–water partition coefficient (Wildman–Crippen LogP) is 1.75. The normalized spacial score (nSPS) is 20.2. The summed E-state index contributed by atoms with van der Waals surface area (Å²) in [5.41, 5.74) is 1.98. The lowest BCUT2D eigenvalue weighted by Gasteiger charge is -2.33. The van der Waals surface area contributed by atoms with E-state index in [1.807, 2.05) is 12.1 Å². The molecule has 100 valence electrons. The third-order valence-electron chi connectivity index (χ3n) is 3.39. The Kier molecular flexibility index (Phi) is 4.55. The van der Waals surface area contributed by atoms with Crippen LogP contribution in [0.3, 0.4) is 0 Å². The minimum absolute atomic E-state index is 0.0735. The number of aromatic nitrogens is 1. The Morgan fingerprint density at radius 3 is 2.94 bits per heavy atom. The van der Waals surface area contributed by atoms with E-state index in [-0.39, 0.29) is 6.61 Å². The Balaban J connectivity index is 2.20. The second-order valence-corrected chi connectivity index (χ2v) is 4.68. The van der Waals surface area contributed by atoms with Crippen LogP contribution >= 0.6 is 0 Å². The van der Waals surface area contributed by atoms with Gasteiger partial charge >= 0.3 is 0 Å². The Morgan fingerprint density at radius 2 is 2.28 bits per heavy atom. The molecule has 1 aliphatic rings. The summed E-state index contributed by atoms with van der Waals surface area (Å²) in [6.07, 6.45) is 2.21. The van der Waals surface area contributed by atoms with Gasteiger partial charge in [0.1, 0.15) is 5.82 Å². The average Bonchev–Trinajstić information content (AvgIpc) is 2.46. The first-order chi connectivity index (χ1) is 8.76.